The third-order valence-electron chi connectivity index (χ3n) is 2.42. The van der Waals surface area contributed by atoms with Gasteiger partial charge in [-0.15, -0.1) is 0 Å². The lowest BCUT2D eigenvalue weighted by atomic mass is 10.1. The molecule has 2 rings (SSSR count). The first-order valence-corrected chi connectivity index (χ1v) is 5.35. The second-order valence-electron chi connectivity index (χ2n) is 3.88. The highest BCUT2D eigenvalue weighted by atomic mass is 35.5. The fraction of sp³-hybridized carbons (Fsp3) is 0.364. The molecule has 2 N–H and O–H groups in total. The largest absolute Gasteiger partial charge is 0.328 e. The maximum absolute atomic E-state index is 6.06. The summed E-state index contributed by atoms with van der Waals surface area (Å²) in [7, 11) is 0. The summed E-state index contributed by atoms with van der Waals surface area (Å²) in [6.07, 6.45) is 2.78. The molecule has 4 heteroatoms. The van der Waals surface area contributed by atoms with Crippen LogP contribution in [0.3, 0.4) is 0 Å². The Kier molecular flexibility index (Phi) is 2.67. The van der Waals surface area contributed by atoms with Crippen molar-refractivity contribution in [2.45, 2.75) is 26.3 Å². The molecule has 0 fully saturated rings. The number of nitrogens with two attached hydrogens (primary N) is 1. The summed E-state index contributed by atoms with van der Waals surface area (Å²) in [5, 5.41) is 0.677. The molecule has 0 amide bonds. The van der Waals surface area contributed by atoms with Crippen LogP contribution in [0.2, 0.25) is 5.02 Å². The minimum Gasteiger partial charge on any atom is -0.328 e. The minimum absolute atomic E-state index is 0.127. The van der Waals surface area contributed by atoms with Gasteiger partial charge < -0.3 is 10.1 Å². The first-order chi connectivity index (χ1) is 7.09. The van der Waals surface area contributed by atoms with E-state index in [1.165, 1.54) is 0 Å². The number of nitrogens with zero attached hydrogens (tertiary/aromatic N) is 2. The van der Waals surface area contributed by atoms with Crippen molar-refractivity contribution in [1.29, 1.82) is 0 Å². The molecular formula is C11H14ClN3. The summed E-state index contributed by atoms with van der Waals surface area (Å²) >= 11 is 6.06. The van der Waals surface area contributed by atoms with Gasteiger partial charge in [-0.25, -0.2) is 4.98 Å². The summed E-state index contributed by atoms with van der Waals surface area (Å²) in [6, 6.07) is 3.89. The van der Waals surface area contributed by atoms with Gasteiger partial charge in [0.2, 0.25) is 0 Å². The highest BCUT2D eigenvalue weighted by Gasteiger charge is 2.11. The second-order valence-corrected chi connectivity index (χ2v) is 4.28. The van der Waals surface area contributed by atoms with Crippen LogP contribution in [0.15, 0.2) is 18.3 Å². The predicted octanol–water partition coefficient (Wildman–Crippen LogP) is 2.19. The standard InChI is InChI=1S/C11H14ClN3/c1-7(13)6-10-8(2)14-11-9(12)4-3-5-15(10)11/h3-5,7H,6,13H2,1-2H3. The molecule has 0 aliphatic rings. The molecule has 2 aromatic heterocycles. The Morgan fingerprint density at radius 2 is 2.33 bits per heavy atom. The smallest absolute Gasteiger partial charge is 0.156 e. The van der Waals surface area contributed by atoms with Crippen LogP contribution in [0.1, 0.15) is 18.3 Å². The van der Waals surface area contributed by atoms with Crippen LogP contribution in [-0.4, -0.2) is 15.4 Å². The summed E-state index contributed by atoms with van der Waals surface area (Å²) in [5.41, 5.74) is 8.76. The molecule has 0 spiro atoms. The van der Waals surface area contributed by atoms with Gasteiger partial charge in [0.05, 0.1) is 10.7 Å². The van der Waals surface area contributed by atoms with Crippen molar-refractivity contribution in [3.8, 4) is 0 Å². The number of imidazole rings is 1. The van der Waals surface area contributed by atoms with E-state index in [1.54, 1.807) is 0 Å². The molecule has 0 radical (unpaired) electrons. The number of hydrogen-bond donors (Lipinski definition) is 1. The molecule has 0 aliphatic heterocycles. The quantitative estimate of drug-likeness (QED) is 0.848. The Labute approximate surface area is 93.9 Å². The molecule has 0 bridgehead atoms. The molecule has 2 heterocycles. The maximum atomic E-state index is 6.06. The molecule has 1 atom stereocenters. The van der Waals surface area contributed by atoms with Gasteiger partial charge in [0.15, 0.2) is 5.65 Å². The van der Waals surface area contributed by atoms with Gasteiger partial charge in [0, 0.05) is 24.4 Å². The van der Waals surface area contributed by atoms with Crippen molar-refractivity contribution in [2.75, 3.05) is 0 Å². The lowest BCUT2D eigenvalue weighted by Crippen LogP contribution is -2.19. The van der Waals surface area contributed by atoms with Crippen molar-refractivity contribution >= 4 is 17.2 Å². The molecule has 80 valence electrons. The van der Waals surface area contributed by atoms with Gasteiger partial charge in [-0.05, 0) is 26.0 Å². The van der Waals surface area contributed by atoms with E-state index >= 15 is 0 Å². The number of fused-ring (bicyclic) bond motifs is 1. The molecular weight excluding hydrogens is 210 g/mol. The van der Waals surface area contributed by atoms with Crippen LogP contribution in [0, 0.1) is 6.92 Å². The van der Waals surface area contributed by atoms with Crippen LogP contribution in [0.25, 0.3) is 5.65 Å². The third-order valence-corrected chi connectivity index (χ3v) is 2.71. The predicted molar refractivity (Wildman–Crippen MR) is 62.3 cm³/mol. The van der Waals surface area contributed by atoms with Crippen LogP contribution in [-0.2, 0) is 6.42 Å². The van der Waals surface area contributed by atoms with Crippen molar-refractivity contribution in [3.05, 3.63) is 34.7 Å². The molecule has 3 nitrogen and oxygen atoms in total. The summed E-state index contributed by atoms with van der Waals surface area (Å²) in [6.45, 7) is 3.98. The molecule has 0 saturated heterocycles. The highest BCUT2D eigenvalue weighted by molar-refractivity contribution is 6.33. The number of hydrogen-bond acceptors (Lipinski definition) is 2. The van der Waals surface area contributed by atoms with Crippen LogP contribution in [0.5, 0.6) is 0 Å². The Morgan fingerprint density at radius 3 is 3.00 bits per heavy atom. The zero-order chi connectivity index (χ0) is 11.0. The van der Waals surface area contributed by atoms with Crippen LogP contribution < -0.4 is 5.73 Å². The summed E-state index contributed by atoms with van der Waals surface area (Å²) in [5.74, 6) is 0. The Morgan fingerprint density at radius 1 is 1.60 bits per heavy atom. The van der Waals surface area contributed by atoms with E-state index in [-0.39, 0.29) is 6.04 Å². The van der Waals surface area contributed by atoms with Gasteiger partial charge in [0.1, 0.15) is 0 Å². The van der Waals surface area contributed by atoms with Gasteiger partial charge >= 0.3 is 0 Å². The van der Waals surface area contributed by atoms with Gasteiger partial charge in [-0.3, -0.25) is 0 Å². The van der Waals surface area contributed by atoms with Crippen LogP contribution in [0.4, 0.5) is 0 Å². The van der Waals surface area contributed by atoms with Crippen molar-refractivity contribution < 1.29 is 0 Å². The number of aryl methyl sites for hydroxylation is 1. The molecule has 2 aromatic rings. The monoisotopic (exact) mass is 223 g/mol. The van der Waals surface area contributed by atoms with E-state index in [2.05, 4.69) is 4.98 Å². The number of pyridine rings is 1. The van der Waals surface area contributed by atoms with E-state index in [4.69, 9.17) is 17.3 Å². The maximum Gasteiger partial charge on any atom is 0.156 e. The summed E-state index contributed by atoms with van der Waals surface area (Å²) < 4.78 is 2.01. The first kappa shape index (κ1) is 10.5. The average Bonchev–Trinajstić information content (AvgIpc) is 2.45. The molecule has 0 aliphatic carbocycles. The van der Waals surface area contributed by atoms with Gasteiger partial charge in [0.25, 0.3) is 0 Å². The fourth-order valence-electron chi connectivity index (χ4n) is 1.75. The number of halogens is 1. The number of rotatable bonds is 2. The van der Waals surface area contributed by atoms with Crippen LogP contribution >= 0.6 is 11.6 Å². The van der Waals surface area contributed by atoms with Gasteiger partial charge in [-0.2, -0.15) is 0 Å². The lowest BCUT2D eigenvalue weighted by Gasteiger charge is -2.06. The Hall–Kier alpha value is -1.06. The zero-order valence-electron chi connectivity index (χ0n) is 8.87. The highest BCUT2D eigenvalue weighted by Crippen LogP contribution is 2.20. The normalized spacial score (nSPS) is 13.3. The molecule has 15 heavy (non-hydrogen) atoms. The minimum atomic E-state index is 0.127. The van der Waals surface area contributed by atoms with Gasteiger partial charge in [-0.1, -0.05) is 11.6 Å². The summed E-state index contributed by atoms with van der Waals surface area (Å²) in [4.78, 5) is 4.44. The van der Waals surface area contributed by atoms with E-state index in [0.717, 1.165) is 23.5 Å². The fourth-order valence-corrected chi connectivity index (χ4v) is 1.95. The molecule has 0 saturated carbocycles. The average molecular weight is 224 g/mol. The first-order valence-electron chi connectivity index (χ1n) is 4.97. The molecule has 1 unspecified atom stereocenters. The number of aromatic nitrogens is 2. The second kappa shape index (κ2) is 3.83. The van der Waals surface area contributed by atoms with Crippen molar-refractivity contribution in [2.24, 2.45) is 5.73 Å². The van der Waals surface area contributed by atoms with Crippen molar-refractivity contribution in [3.63, 3.8) is 0 Å². The molecule has 0 aromatic carbocycles. The van der Waals surface area contributed by atoms with E-state index < -0.39 is 0 Å². The SMILES string of the molecule is Cc1nc2c(Cl)cccn2c1CC(C)N. The lowest BCUT2D eigenvalue weighted by molar-refractivity contribution is 0.713. The van der Waals surface area contributed by atoms with Crippen molar-refractivity contribution in [1.82, 2.24) is 9.38 Å². The zero-order valence-corrected chi connectivity index (χ0v) is 9.62. The Balaban J connectivity index is 2.63. The Bertz CT molecular complexity index is 488. The van der Waals surface area contributed by atoms with E-state index in [1.807, 2.05) is 36.6 Å². The topological polar surface area (TPSA) is 43.3 Å². The van der Waals surface area contributed by atoms with E-state index in [9.17, 15) is 0 Å². The van der Waals surface area contributed by atoms with E-state index in [0.29, 0.717) is 5.02 Å². The third kappa shape index (κ3) is 1.85.